The highest BCUT2D eigenvalue weighted by Gasteiger charge is 2.03. The number of ether oxygens (including phenoxy) is 2. The Kier molecular flexibility index (Phi) is 19.2. The summed E-state index contributed by atoms with van der Waals surface area (Å²) in [4.78, 5) is 38.4. The van der Waals surface area contributed by atoms with E-state index in [0.29, 0.717) is 0 Å². The van der Waals surface area contributed by atoms with Crippen molar-refractivity contribution in [1.29, 1.82) is 0 Å². The van der Waals surface area contributed by atoms with Crippen LogP contribution in [-0.2, 0) is 28.7 Å². The van der Waals surface area contributed by atoms with Crippen molar-refractivity contribution in [1.82, 2.24) is 0 Å². The Hall–Kier alpha value is -2.24. The van der Waals surface area contributed by atoms with Gasteiger partial charge in [-0.2, -0.15) is 0 Å². The van der Waals surface area contributed by atoms with Crippen LogP contribution in [0, 0.1) is 0 Å². The molecule has 20 heavy (non-hydrogen) atoms. The minimum absolute atomic E-state index is 0.215. The molecular formula is C9H16O11. The van der Waals surface area contributed by atoms with E-state index in [1.54, 1.807) is 0 Å². The monoisotopic (exact) mass is 300 g/mol. The molecule has 0 saturated heterocycles. The van der Waals surface area contributed by atoms with Gasteiger partial charge in [-0.25, -0.2) is 19.2 Å². The Bertz CT molecular complexity index is 284. The second kappa shape index (κ2) is 16.8. The Morgan fingerprint density at radius 2 is 1.15 bits per heavy atom. The normalized spacial score (nSPS) is 8.15. The lowest BCUT2D eigenvalue weighted by Crippen LogP contribution is -2.16. The second-order valence-electron chi connectivity index (χ2n) is 2.59. The number of hydrogen-bond donors (Lipinski definition) is 5. The molecule has 0 aliphatic rings. The molecule has 0 amide bonds. The zero-order valence-corrected chi connectivity index (χ0v) is 10.5. The van der Waals surface area contributed by atoms with E-state index < -0.39 is 43.7 Å². The van der Waals surface area contributed by atoms with Crippen molar-refractivity contribution < 1.29 is 54.2 Å². The molecule has 11 nitrogen and oxygen atoms in total. The summed E-state index contributed by atoms with van der Waals surface area (Å²) in [6, 6.07) is 0. The molecule has 0 aliphatic carbocycles. The maximum atomic E-state index is 10.3. The summed E-state index contributed by atoms with van der Waals surface area (Å²) >= 11 is 0. The van der Waals surface area contributed by atoms with Gasteiger partial charge in [0.1, 0.15) is 19.8 Å². The molecule has 0 aromatic rings. The number of methoxy groups -OCH3 is 1. The molecule has 118 valence electrons. The Morgan fingerprint density at radius 3 is 1.35 bits per heavy atom. The Labute approximate surface area is 113 Å². The molecule has 0 rings (SSSR count). The fourth-order valence-electron chi connectivity index (χ4n) is 0.302. The largest absolute Gasteiger partial charge is 0.480 e. The van der Waals surface area contributed by atoms with Crippen molar-refractivity contribution in [2.45, 2.75) is 0 Å². The fraction of sp³-hybridized carbons (Fsp3) is 0.556. The molecule has 0 aliphatic heterocycles. The smallest absolute Gasteiger partial charge is 0.341 e. The number of carbonyl (C=O) groups excluding carboxylic acids is 1. The van der Waals surface area contributed by atoms with E-state index in [0.717, 1.165) is 0 Å². The molecule has 0 bridgehead atoms. The van der Waals surface area contributed by atoms with E-state index in [1.165, 1.54) is 7.11 Å². The number of rotatable bonds is 6. The van der Waals surface area contributed by atoms with Crippen LogP contribution in [0.25, 0.3) is 0 Å². The first-order valence-electron chi connectivity index (χ1n) is 4.72. The van der Waals surface area contributed by atoms with Crippen LogP contribution in [0.4, 0.5) is 0 Å². The SMILES string of the molecule is COCC(=O)OCC(=O)O.O=C(O)CO.O=C(O)CO. The van der Waals surface area contributed by atoms with Gasteiger partial charge in [-0.3, -0.25) is 0 Å². The summed E-state index contributed by atoms with van der Waals surface area (Å²) in [7, 11) is 1.32. The summed E-state index contributed by atoms with van der Waals surface area (Å²) in [6.45, 7) is -2.38. The van der Waals surface area contributed by atoms with E-state index >= 15 is 0 Å². The van der Waals surface area contributed by atoms with Crippen LogP contribution in [-0.4, -0.2) is 82.9 Å². The van der Waals surface area contributed by atoms with Crippen molar-refractivity contribution in [3.05, 3.63) is 0 Å². The third kappa shape index (κ3) is 36.0. The Balaban J connectivity index is -0.000000244. The third-order valence-electron chi connectivity index (χ3n) is 0.889. The number of aliphatic hydroxyl groups excluding tert-OH is 2. The van der Waals surface area contributed by atoms with Crippen molar-refractivity contribution in [2.75, 3.05) is 33.5 Å². The van der Waals surface area contributed by atoms with Gasteiger partial charge >= 0.3 is 23.9 Å². The van der Waals surface area contributed by atoms with E-state index in [4.69, 9.17) is 35.1 Å². The highest BCUT2D eigenvalue weighted by atomic mass is 16.6. The number of carboxylic acids is 3. The summed E-state index contributed by atoms with van der Waals surface area (Å²) in [5.41, 5.74) is 0. The van der Waals surface area contributed by atoms with Crippen molar-refractivity contribution >= 4 is 23.9 Å². The molecule has 5 N–H and O–H groups in total. The van der Waals surface area contributed by atoms with Gasteiger partial charge in [0.2, 0.25) is 0 Å². The van der Waals surface area contributed by atoms with Gasteiger partial charge in [0.25, 0.3) is 0 Å². The number of hydrogen-bond acceptors (Lipinski definition) is 8. The van der Waals surface area contributed by atoms with Crippen LogP contribution in [0.1, 0.15) is 0 Å². The number of aliphatic carboxylic acids is 3. The van der Waals surface area contributed by atoms with Gasteiger partial charge in [0.15, 0.2) is 6.61 Å². The molecule has 0 saturated carbocycles. The summed E-state index contributed by atoms with van der Waals surface area (Å²) < 4.78 is 8.55. The average Bonchev–Trinajstić information content (AvgIpc) is 2.38. The predicted octanol–water partition coefficient (Wildman–Crippen LogP) is -2.61. The van der Waals surface area contributed by atoms with Crippen LogP contribution in [0.5, 0.6) is 0 Å². The molecule has 0 fully saturated rings. The zero-order valence-electron chi connectivity index (χ0n) is 10.5. The molecule has 0 radical (unpaired) electrons. The molecule has 0 atom stereocenters. The maximum Gasteiger partial charge on any atom is 0.341 e. The zero-order chi connectivity index (χ0) is 16.6. The van der Waals surface area contributed by atoms with Crippen LogP contribution >= 0.6 is 0 Å². The molecule has 0 unspecified atom stereocenters. The average molecular weight is 300 g/mol. The second-order valence-corrected chi connectivity index (χ2v) is 2.59. The quantitative estimate of drug-likeness (QED) is 0.323. The van der Waals surface area contributed by atoms with E-state index in [-0.39, 0.29) is 6.61 Å². The topological polar surface area (TPSA) is 188 Å². The van der Waals surface area contributed by atoms with Crippen LogP contribution < -0.4 is 0 Å². The van der Waals surface area contributed by atoms with Gasteiger partial charge in [-0.1, -0.05) is 0 Å². The van der Waals surface area contributed by atoms with E-state index in [1.807, 2.05) is 0 Å². The third-order valence-corrected chi connectivity index (χ3v) is 0.889. The van der Waals surface area contributed by atoms with Gasteiger partial charge in [-0.05, 0) is 0 Å². The van der Waals surface area contributed by atoms with Gasteiger partial charge in [0, 0.05) is 7.11 Å². The fourth-order valence-corrected chi connectivity index (χ4v) is 0.302. The minimum atomic E-state index is -1.19. The molecule has 0 spiro atoms. The lowest BCUT2D eigenvalue weighted by atomic mass is 10.7. The minimum Gasteiger partial charge on any atom is -0.480 e. The summed E-state index contributed by atoms with van der Waals surface area (Å²) in [6.07, 6.45) is 0. The standard InChI is InChI=1S/C5H8O5.2C2H4O3/c1-9-3-5(8)10-2-4(6)7;2*3-1-2(4)5/h2-3H2,1H3,(H,6,7);2*3H,1H2,(H,4,5). The van der Waals surface area contributed by atoms with E-state index in [9.17, 15) is 9.59 Å². The lowest BCUT2D eigenvalue weighted by molar-refractivity contribution is -0.157. The first kappa shape index (κ1) is 22.9. The number of aliphatic hydroxyl groups is 2. The Morgan fingerprint density at radius 1 is 0.800 bits per heavy atom. The van der Waals surface area contributed by atoms with Crippen LogP contribution in [0.3, 0.4) is 0 Å². The van der Waals surface area contributed by atoms with Gasteiger partial charge in [0.05, 0.1) is 0 Å². The molecule has 0 aromatic carbocycles. The number of carboxylic acid groups (broad SMARTS) is 3. The van der Waals surface area contributed by atoms with Crippen LogP contribution in [0.15, 0.2) is 0 Å². The van der Waals surface area contributed by atoms with Crippen molar-refractivity contribution in [3.63, 3.8) is 0 Å². The first-order chi connectivity index (χ1) is 9.20. The summed E-state index contributed by atoms with van der Waals surface area (Å²) in [5.74, 6) is -4.23. The highest BCUT2D eigenvalue weighted by Crippen LogP contribution is 1.78. The number of carbonyl (C=O) groups is 4. The molecule has 11 heteroatoms. The van der Waals surface area contributed by atoms with Crippen LogP contribution in [0.2, 0.25) is 0 Å². The van der Waals surface area contributed by atoms with E-state index in [2.05, 4.69) is 9.47 Å². The van der Waals surface area contributed by atoms with Crippen molar-refractivity contribution in [2.24, 2.45) is 0 Å². The summed E-state index contributed by atoms with van der Waals surface area (Å²) in [5, 5.41) is 38.0. The highest BCUT2D eigenvalue weighted by molar-refractivity contribution is 5.75. The first-order valence-corrected chi connectivity index (χ1v) is 4.72. The number of esters is 1. The lowest BCUT2D eigenvalue weighted by Gasteiger charge is -1.98. The van der Waals surface area contributed by atoms with Crippen molar-refractivity contribution in [3.8, 4) is 0 Å². The predicted molar refractivity (Wildman–Crippen MR) is 59.9 cm³/mol. The maximum absolute atomic E-state index is 10.3. The van der Waals surface area contributed by atoms with Gasteiger partial charge < -0.3 is 35.0 Å². The molecular weight excluding hydrogens is 284 g/mol. The molecule has 0 heterocycles. The van der Waals surface area contributed by atoms with Gasteiger partial charge in [-0.15, -0.1) is 0 Å². The molecule has 0 aromatic heterocycles.